The van der Waals surface area contributed by atoms with Gasteiger partial charge in [-0.3, -0.25) is 24.1 Å². The molecule has 0 aromatic heterocycles. The Balaban J connectivity index is 2.27. The number of amides is 5. The van der Waals surface area contributed by atoms with E-state index >= 15 is 0 Å². The summed E-state index contributed by atoms with van der Waals surface area (Å²) in [4.78, 5) is 71.3. The van der Waals surface area contributed by atoms with Crippen molar-refractivity contribution in [1.82, 2.24) is 25.3 Å². The maximum absolute atomic E-state index is 14.2. The molecule has 1 aromatic carbocycles. The zero-order valence-electron chi connectivity index (χ0n) is 34.4. The molecule has 1 aromatic rings. The van der Waals surface area contributed by atoms with Gasteiger partial charge in [0.05, 0.1) is 48.8 Å². The van der Waals surface area contributed by atoms with Crippen molar-refractivity contribution in [3.05, 3.63) is 35.9 Å². The number of hydrogen-bond donors (Lipinski definition) is 4. The van der Waals surface area contributed by atoms with Gasteiger partial charge in [0.1, 0.15) is 12.1 Å². The largest absolute Gasteiger partial charge is 0.465 e. The fourth-order valence-electron chi connectivity index (χ4n) is 7.70. The van der Waals surface area contributed by atoms with Crippen molar-refractivity contribution < 1.29 is 43.7 Å². The monoisotopic (exact) mass is 761 g/mol. The van der Waals surface area contributed by atoms with Crippen LogP contribution in [0.2, 0.25) is 0 Å². The highest BCUT2D eigenvalue weighted by Crippen LogP contribution is 2.30. The lowest BCUT2D eigenvalue weighted by Gasteiger charge is -2.41. The Labute approximate surface area is 322 Å². The second-order valence-electron chi connectivity index (χ2n) is 15.6. The average molecular weight is 762 g/mol. The molecular formula is C40H67N5O9. The molecule has 1 aliphatic rings. The zero-order chi connectivity index (χ0) is 41.0. The minimum Gasteiger partial charge on any atom is -0.465 e. The van der Waals surface area contributed by atoms with Crippen LogP contribution in [0, 0.1) is 23.7 Å². The molecule has 14 heteroatoms. The van der Waals surface area contributed by atoms with E-state index in [4.69, 9.17) is 9.47 Å². The van der Waals surface area contributed by atoms with Crippen LogP contribution in [0.15, 0.2) is 30.3 Å². The first-order valence-electron chi connectivity index (χ1n) is 19.2. The molecule has 1 aliphatic heterocycles. The first-order chi connectivity index (χ1) is 25.3. The smallest absolute Gasteiger partial charge is 0.407 e. The maximum atomic E-state index is 14.2. The van der Waals surface area contributed by atoms with Crippen LogP contribution in [0.4, 0.5) is 4.79 Å². The van der Waals surface area contributed by atoms with Crippen LogP contribution in [0.1, 0.15) is 92.7 Å². The zero-order valence-corrected chi connectivity index (χ0v) is 34.4. The normalized spacial score (nSPS) is 19.5. The molecule has 10 atom stereocenters. The molecule has 0 aliphatic carbocycles. The number of likely N-dealkylation sites (N-methyl/N-ethyl adjacent to an activating group) is 2. The van der Waals surface area contributed by atoms with Crippen molar-refractivity contribution in [3.8, 4) is 0 Å². The molecule has 0 unspecified atom stereocenters. The van der Waals surface area contributed by atoms with E-state index in [-0.39, 0.29) is 47.9 Å². The van der Waals surface area contributed by atoms with E-state index < -0.39 is 60.4 Å². The van der Waals surface area contributed by atoms with Crippen LogP contribution >= 0.6 is 0 Å². The molecular weight excluding hydrogens is 694 g/mol. The third-order valence-corrected chi connectivity index (χ3v) is 11.1. The Morgan fingerprint density at radius 1 is 0.889 bits per heavy atom. The Morgan fingerprint density at radius 2 is 1.50 bits per heavy atom. The number of carbonyl (C=O) groups excluding carboxylic acids is 4. The van der Waals surface area contributed by atoms with E-state index in [0.717, 1.165) is 11.3 Å². The maximum Gasteiger partial charge on any atom is 0.407 e. The molecule has 54 heavy (non-hydrogen) atoms. The van der Waals surface area contributed by atoms with Crippen molar-refractivity contribution in [2.75, 3.05) is 34.9 Å². The summed E-state index contributed by atoms with van der Waals surface area (Å²) in [5.74, 6) is -2.82. The number of benzene rings is 1. The quantitative estimate of drug-likeness (QED) is 0.153. The summed E-state index contributed by atoms with van der Waals surface area (Å²) in [6.45, 7) is 15.1. The molecule has 5 amide bonds. The predicted octanol–water partition coefficient (Wildman–Crippen LogP) is 3.92. The fraction of sp³-hybridized carbons (Fsp3) is 0.725. The highest BCUT2D eigenvalue weighted by atomic mass is 16.5. The molecule has 1 fully saturated rings. The number of carboxylic acid groups (broad SMARTS) is 1. The number of aliphatic hydroxyl groups is 1. The number of rotatable bonds is 20. The molecule has 306 valence electrons. The first kappa shape index (κ1) is 46.4. The highest BCUT2D eigenvalue weighted by molar-refractivity contribution is 5.91. The minimum absolute atomic E-state index is 0.0333. The molecule has 1 saturated heterocycles. The molecule has 0 bridgehead atoms. The van der Waals surface area contributed by atoms with Gasteiger partial charge in [0.25, 0.3) is 0 Å². The van der Waals surface area contributed by atoms with Crippen molar-refractivity contribution in [2.24, 2.45) is 23.7 Å². The summed E-state index contributed by atoms with van der Waals surface area (Å²) < 4.78 is 11.9. The number of aliphatic hydroxyl groups excluding tert-OH is 1. The number of hydrogen-bond acceptors (Lipinski definition) is 8. The SMILES string of the molecule is CC[C@H](C)[C@@H]([C@@H](CC(=O)N1CCC[C@H]1[C@H](OC)[C@@H](C)C(=O)N[C@H](C)[C@@H](O)c1ccccc1)OC)N(C)C(=O)[C@@H](NC(=O)[C@H](C(C)C)N(C)C(=O)O)C(C)C. The number of nitrogens with one attached hydrogen (secondary N) is 2. The number of nitrogens with zero attached hydrogens (tertiary/aromatic N) is 3. The number of likely N-dealkylation sites (tertiary alicyclic amines) is 1. The van der Waals surface area contributed by atoms with Crippen LogP contribution in [0.5, 0.6) is 0 Å². The molecule has 1 heterocycles. The molecule has 2 rings (SSSR count). The van der Waals surface area contributed by atoms with Crippen LogP contribution < -0.4 is 10.6 Å². The molecule has 0 radical (unpaired) electrons. The molecule has 14 nitrogen and oxygen atoms in total. The predicted molar refractivity (Wildman–Crippen MR) is 206 cm³/mol. The Morgan fingerprint density at radius 3 is 2.00 bits per heavy atom. The van der Waals surface area contributed by atoms with E-state index in [1.165, 1.54) is 21.3 Å². The van der Waals surface area contributed by atoms with Gasteiger partial charge < -0.3 is 40.1 Å². The van der Waals surface area contributed by atoms with Gasteiger partial charge >= 0.3 is 6.09 Å². The standard InChI is InChI=1S/C40H67N5O9/c1-13-25(6)34(43(9)39(50)32(23(2)3)42-38(49)33(24(4)5)44(10)40(51)52)30(53-11)22-31(46)45-21-17-20-29(45)36(54-12)26(7)37(48)41-27(8)35(47)28-18-15-14-16-19-28/h14-16,18-19,23-27,29-30,32-36,47H,13,17,20-22H2,1-12H3,(H,41,48)(H,42,49)(H,51,52)/t25-,26+,27+,29-,30+,32-,33-,34-,35+,36+/m0/s1. The van der Waals surface area contributed by atoms with Gasteiger partial charge in [-0.05, 0) is 43.1 Å². The van der Waals surface area contributed by atoms with E-state index in [2.05, 4.69) is 10.6 Å². The Kier molecular flexibility index (Phi) is 18.4. The summed E-state index contributed by atoms with van der Waals surface area (Å²) in [5.41, 5.74) is 0.692. The van der Waals surface area contributed by atoms with Gasteiger partial charge in [-0.15, -0.1) is 0 Å². The van der Waals surface area contributed by atoms with Gasteiger partial charge in [-0.2, -0.15) is 0 Å². The van der Waals surface area contributed by atoms with Gasteiger partial charge in [-0.25, -0.2) is 4.79 Å². The fourth-order valence-corrected chi connectivity index (χ4v) is 7.70. The number of ether oxygens (including phenoxy) is 2. The van der Waals surface area contributed by atoms with Crippen LogP contribution in [-0.2, 0) is 28.7 Å². The van der Waals surface area contributed by atoms with Gasteiger partial charge in [-0.1, -0.05) is 85.2 Å². The second kappa shape index (κ2) is 21.4. The lowest BCUT2D eigenvalue weighted by molar-refractivity contribution is -0.148. The summed E-state index contributed by atoms with van der Waals surface area (Å²) >= 11 is 0. The summed E-state index contributed by atoms with van der Waals surface area (Å²) in [6, 6.07) is 5.67. The van der Waals surface area contributed by atoms with Crippen molar-refractivity contribution in [3.63, 3.8) is 0 Å². The number of carbonyl (C=O) groups is 5. The van der Waals surface area contributed by atoms with Gasteiger partial charge in [0, 0.05) is 34.9 Å². The van der Waals surface area contributed by atoms with Crippen LogP contribution in [0.3, 0.4) is 0 Å². The van der Waals surface area contributed by atoms with E-state index in [1.807, 2.05) is 45.9 Å². The number of methoxy groups -OCH3 is 2. The van der Waals surface area contributed by atoms with E-state index in [9.17, 15) is 34.2 Å². The minimum atomic E-state index is -1.25. The molecule has 0 saturated carbocycles. The van der Waals surface area contributed by atoms with Crippen LogP contribution in [-0.4, -0.2) is 132 Å². The van der Waals surface area contributed by atoms with E-state index in [0.29, 0.717) is 24.9 Å². The Hall–Kier alpha value is -3.75. The topological polar surface area (TPSA) is 178 Å². The van der Waals surface area contributed by atoms with E-state index in [1.54, 1.807) is 56.7 Å². The lowest BCUT2D eigenvalue weighted by atomic mass is 9.89. The van der Waals surface area contributed by atoms with Gasteiger partial charge in [0.2, 0.25) is 23.6 Å². The third kappa shape index (κ3) is 11.6. The highest BCUT2D eigenvalue weighted by Gasteiger charge is 2.43. The Bertz CT molecular complexity index is 1380. The molecule has 4 N–H and O–H groups in total. The lowest BCUT2D eigenvalue weighted by Crippen LogP contribution is -2.60. The summed E-state index contributed by atoms with van der Waals surface area (Å²) in [7, 11) is 6.02. The first-order valence-corrected chi connectivity index (χ1v) is 19.2. The summed E-state index contributed by atoms with van der Waals surface area (Å²) in [6.07, 6.45) is -1.45. The van der Waals surface area contributed by atoms with Crippen molar-refractivity contribution >= 4 is 29.7 Å². The van der Waals surface area contributed by atoms with Gasteiger partial charge in [0.15, 0.2) is 0 Å². The second-order valence-corrected chi connectivity index (χ2v) is 15.6. The third-order valence-electron chi connectivity index (χ3n) is 11.1. The van der Waals surface area contributed by atoms with Crippen molar-refractivity contribution in [2.45, 2.75) is 130 Å². The van der Waals surface area contributed by atoms with Crippen LogP contribution in [0.25, 0.3) is 0 Å². The summed E-state index contributed by atoms with van der Waals surface area (Å²) in [5, 5.41) is 26.2. The van der Waals surface area contributed by atoms with Crippen molar-refractivity contribution in [1.29, 1.82) is 0 Å². The average Bonchev–Trinajstić information content (AvgIpc) is 3.62. The molecule has 0 spiro atoms.